The maximum atomic E-state index is 5.41. The first-order valence-corrected chi connectivity index (χ1v) is 5.73. The van der Waals surface area contributed by atoms with E-state index in [9.17, 15) is 0 Å². The summed E-state index contributed by atoms with van der Waals surface area (Å²) >= 11 is 4.93. The van der Waals surface area contributed by atoms with Gasteiger partial charge in [0.05, 0.1) is 4.88 Å². The summed E-state index contributed by atoms with van der Waals surface area (Å²) in [6.07, 6.45) is 0.625. The fourth-order valence-electron chi connectivity index (χ4n) is 1.00. The molecule has 0 aromatic carbocycles. The molecular formula is C8H8BrN3OS. The lowest BCUT2D eigenvalue weighted by molar-refractivity contribution is 0.508. The van der Waals surface area contributed by atoms with E-state index in [4.69, 9.17) is 10.2 Å². The van der Waals surface area contributed by atoms with Crippen LogP contribution in [0.15, 0.2) is 20.3 Å². The average Bonchev–Trinajstić information content (AvgIpc) is 2.74. The highest BCUT2D eigenvalue weighted by atomic mass is 79.9. The summed E-state index contributed by atoms with van der Waals surface area (Å²) in [6, 6.07) is 1.95. The Hall–Kier alpha value is -0.720. The van der Waals surface area contributed by atoms with Gasteiger partial charge in [0.25, 0.3) is 5.89 Å². The van der Waals surface area contributed by atoms with Crippen LogP contribution < -0.4 is 5.73 Å². The first-order valence-electron chi connectivity index (χ1n) is 4.06. The number of aromatic nitrogens is 2. The molecule has 0 aliphatic rings. The lowest BCUT2D eigenvalue weighted by Crippen LogP contribution is -2.02. The van der Waals surface area contributed by atoms with Crippen LogP contribution in [0.25, 0.3) is 10.8 Å². The monoisotopic (exact) mass is 273 g/mol. The van der Waals surface area contributed by atoms with Gasteiger partial charge in [0, 0.05) is 22.8 Å². The Kier molecular flexibility index (Phi) is 2.95. The van der Waals surface area contributed by atoms with Crippen LogP contribution in [0.5, 0.6) is 0 Å². The standard InChI is InChI=1S/C8H8BrN3OS/c9-5-3-6(14-4-5)8-12-11-7(13-8)1-2-10/h3-4H,1-2,10H2. The van der Waals surface area contributed by atoms with Crippen molar-refractivity contribution in [2.75, 3.05) is 6.54 Å². The zero-order valence-corrected chi connectivity index (χ0v) is 9.64. The Morgan fingerprint density at radius 1 is 1.50 bits per heavy atom. The van der Waals surface area contributed by atoms with Gasteiger partial charge in [-0.3, -0.25) is 0 Å². The van der Waals surface area contributed by atoms with Crippen molar-refractivity contribution in [1.29, 1.82) is 0 Å². The summed E-state index contributed by atoms with van der Waals surface area (Å²) in [4.78, 5) is 0.965. The first kappa shape index (κ1) is 9.82. The van der Waals surface area contributed by atoms with Crippen LogP contribution in [0.1, 0.15) is 5.89 Å². The van der Waals surface area contributed by atoms with Crippen molar-refractivity contribution in [2.24, 2.45) is 5.73 Å². The zero-order valence-electron chi connectivity index (χ0n) is 7.24. The summed E-state index contributed by atoms with van der Waals surface area (Å²) in [5, 5.41) is 9.80. The van der Waals surface area contributed by atoms with E-state index in [1.807, 2.05) is 11.4 Å². The predicted octanol–water partition coefficient (Wildman–Crippen LogP) is 2.06. The highest BCUT2D eigenvalue weighted by Gasteiger charge is 2.09. The van der Waals surface area contributed by atoms with Crippen LogP contribution in [-0.2, 0) is 6.42 Å². The molecule has 2 N–H and O–H groups in total. The number of hydrogen-bond donors (Lipinski definition) is 1. The summed E-state index contributed by atoms with van der Waals surface area (Å²) in [7, 11) is 0. The SMILES string of the molecule is NCCc1nnc(-c2cc(Br)cs2)o1. The zero-order chi connectivity index (χ0) is 9.97. The third-order valence-corrected chi connectivity index (χ3v) is 3.28. The molecule has 0 fully saturated rings. The fourth-order valence-corrected chi connectivity index (χ4v) is 2.35. The second kappa shape index (κ2) is 4.20. The van der Waals surface area contributed by atoms with E-state index in [0.717, 1.165) is 9.35 Å². The molecule has 4 nitrogen and oxygen atoms in total. The number of halogens is 1. The summed E-state index contributed by atoms with van der Waals surface area (Å²) in [5.74, 6) is 1.15. The first-order chi connectivity index (χ1) is 6.79. The minimum atomic E-state index is 0.524. The van der Waals surface area contributed by atoms with Crippen LogP contribution >= 0.6 is 27.3 Å². The van der Waals surface area contributed by atoms with E-state index in [0.29, 0.717) is 24.7 Å². The van der Waals surface area contributed by atoms with Gasteiger partial charge in [0.1, 0.15) is 0 Å². The van der Waals surface area contributed by atoms with Crippen LogP contribution in [0.4, 0.5) is 0 Å². The van der Waals surface area contributed by atoms with Crippen molar-refractivity contribution >= 4 is 27.3 Å². The van der Waals surface area contributed by atoms with Crippen molar-refractivity contribution < 1.29 is 4.42 Å². The molecule has 0 bridgehead atoms. The molecule has 2 aromatic heterocycles. The number of rotatable bonds is 3. The summed E-state index contributed by atoms with van der Waals surface area (Å²) in [6.45, 7) is 0.524. The van der Waals surface area contributed by atoms with Gasteiger partial charge in [-0.2, -0.15) is 0 Å². The average molecular weight is 274 g/mol. The third-order valence-electron chi connectivity index (χ3n) is 1.60. The smallest absolute Gasteiger partial charge is 0.257 e. The largest absolute Gasteiger partial charge is 0.420 e. The van der Waals surface area contributed by atoms with Crippen molar-refractivity contribution in [1.82, 2.24) is 10.2 Å². The molecule has 0 spiro atoms. The lowest BCUT2D eigenvalue weighted by Gasteiger charge is -1.87. The normalized spacial score (nSPS) is 10.7. The molecule has 0 saturated heterocycles. The number of nitrogens with zero attached hydrogens (tertiary/aromatic N) is 2. The molecule has 0 aliphatic carbocycles. The second-order valence-corrected chi connectivity index (χ2v) is 4.50. The maximum Gasteiger partial charge on any atom is 0.257 e. The van der Waals surface area contributed by atoms with Crippen LogP contribution in [-0.4, -0.2) is 16.7 Å². The van der Waals surface area contributed by atoms with Crippen molar-refractivity contribution in [3.05, 3.63) is 21.8 Å². The third kappa shape index (κ3) is 2.02. The highest BCUT2D eigenvalue weighted by Crippen LogP contribution is 2.28. The van der Waals surface area contributed by atoms with E-state index < -0.39 is 0 Å². The Balaban J connectivity index is 2.24. The van der Waals surface area contributed by atoms with Gasteiger partial charge in [0.15, 0.2) is 0 Å². The van der Waals surface area contributed by atoms with E-state index in [1.54, 1.807) is 11.3 Å². The Labute approximate surface area is 93.3 Å². The molecule has 74 valence electrons. The fraction of sp³-hybridized carbons (Fsp3) is 0.250. The van der Waals surface area contributed by atoms with Crippen LogP contribution in [0, 0.1) is 0 Å². The number of thiophene rings is 1. The molecule has 0 radical (unpaired) electrons. The molecular weight excluding hydrogens is 266 g/mol. The van der Waals surface area contributed by atoms with Gasteiger partial charge in [-0.15, -0.1) is 21.5 Å². The minimum Gasteiger partial charge on any atom is -0.420 e. The molecule has 2 rings (SSSR count). The van der Waals surface area contributed by atoms with Gasteiger partial charge >= 0.3 is 0 Å². The van der Waals surface area contributed by atoms with Crippen LogP contribution in [0.3, 0.4) is 0 Å². The molecule has 0 unspecified atom stereocenters. The van der Waals surface area contributed by atoms with E-state index in [1.165, 1.54) is 0 Å². The molecule has 2 heterocycles. The second-order valence-electron chi connectivity index (χ2n) is 2.67. The number of hydrogen-bond acceptors (Lipinski definition) is 5. The van der Waals surface area contributed by atoms with E-state index >= 15 is 0 Å². The van der Waals surface area contributed by atoms with Gasteiger partial charge < -0.3 is 10.2 Å². The van der Waals surface area contributed by atoms with Crippen molar-refractivity contribution in [2.45, 2.75) is 6.42 Å². The molecule has 0 aliphatic heterocycles. The predicted molar refractivity (Wildman–Crippen MR) is 58.1 cm³/mol. The molecule has 6 heteroatoms. The molecule has 0 atom stereocenters. The van der Waals surface area contributed by atoms with Crippen molar-refractivity contribution in [3.8, 4) is 10.8 Å². The Bertz CT molecular complexity index is 426. The maximum absolute atomic E-state index is 5.41. The van der Waals surface area contributed by atoms with E-state index in [-0.39, 0.29) is 0 Å². The van der Waals surface area contributed by atoms with Crippen LogP contribution in [0.2, 0.25) is 0 Å². The van der Waals surface area contributed by atoms with Gasteiger partial charge in [0.2, 0.25) is 5.89 Å². The summed E-state index contributed by atoms with van der Waals surface area (Å²) in [5.41, 5.74) is 5.38. The lowest BCUT2D eigenvalue weighted by atomic mass is 10.4. The Morgan fingerprint density at radius 2 is 2.36 bits per heavy atom. The van der Waals surface area contributed by atoms with E-state index in [2.05, 4.69) is 26.1 Å². The molecule has 0 amide bonds. The molecule has 14 heavy (non-hydrogen) atoms. The topological polar surface area (TPSA) is 64.9 Å². The summed E-state index contributed by atoms with van der Waals surface area (Å²) < 4.78 is 6.43. The Morgan fingerprint density at radius 3 is 3.00 bits per heavy atom. The highest BCUT2D eigenvalue weighted by molar-refractivity contribution is 9.10. The van der Waals surface area contributed by atoms with Gasteiger partial charge in [-0.25, -0.2) is 0 Å². The van der Waals surface area contributed by atoms with Gasteiger partial charge in [-0.05, 0) is 22.0 Å². The quantitative estimate of drug-likeness (QED) is 0.930. The molecule has 2 aromatic rings. The van der Waals surface area contributed by atoms with Gasteiger partial charge in [-0.1, -0.05) is 0 Å². The number of nitrogens with two attached hydrogens (primary N) is 1. The minimum absolute atomic E-state index is 0.524. The van der Waals surface area contributed by atoms with Crippen molar-refractivity contribution in [3.63, 3.8) is 0 Å². The molecule has 0 saturated carbocycles.